The number of ether oxygens (including phenoxy) is 1. The monoisotopic (exact) mass is 384 g/mol. The van der Waals surface area contributed by atoms with E-state index in [1.807, 2.05) is 35.7 Å². The summed E-state index contributed by atoms with van der Waals surface area (Å²) in [5.74, 6) is 0.970. The Morgan fingerprint density at radius 3 is 2.64 bits per heavy atom. The summed E-state index contributed by atoms with van der Waals surface area (Å²) in [5.41, 5.74) is 1.70. The minimum Gasteiger partial charge on any atom is -0.381 e. The molecule has 4 heterocycles. The van der Waals surface area contributed by atoms with Crippen LogP contribution >= 0.6 is 0 Å². The first-order valence-corrected chi connectivity index (χ1v) is 10.1. The Morgan fingerprint density at radius 2 is 1.96 bits per heavy atom. The molecule has 2 saturated heterocycles. The van der Waals surface area contributed by atoms with Crippen LogP contribution in [-0.2, 0) is 4.74 Å². The van der Waals surface area contributed by atoms with Crippen molar-refractivity contribution < 1.29 is 9.53 Å². The fourth-order valence-electron chi connectivity index (χ4n) is 4.23. The van der Waals surface area contributed by atoms with Crippen LogP contribution in [0, 0.1) is 6.92 Å². The molecule has 8 nitrogen and oxygen atoms in total. The van der Waals surface area contributed by atoms with Gasteiger partial charge < -0.3 is 14.5 Å². The Balaban J connectivity index is 1.38. The molecule has 2 aromatic rings. The lowest BCUT2D eigenvalue weighted by molar-refractivity contribution is 0.0654. The zero-order valence-electron chi connectivity index (χ0n) is 16.6. The van der Waals surface area contributed by atoms with Crippen molar-refractivity contribution in [3.63, 3.8) is 0 Å². The maximum Gasteiger partial charge on any atom is 0.257 e. The molecule has 0 saturated carbocycles. The molecule has 28 heavy (non-hydrogen) atoms. The summed E-state index contributed by atoms with van der Waals surface area (Å²) in [5, 5.41) is 12.7. The number of amides is 1. The molecule has 0 unspecified atom stereocenters. The highest BCUT2D eigenvalue weighted by Crippen LogP contribution is 2.25. The van der Waals surface area contributed by atoms with Crippen LogP contribution in [0.25, 0.3) is 0 Å². The summed E-state index contributed by atoms with van der Waals surface area (Å²) >= 11 is 0. The second-order valence-electron chi connectivity index (χ2n) is 7.65. The van der Waals surface area contributed by atoms with E-state index in [9.17, 15) is 4.79 Å². The molecule has 0 radical (unpaired) electrons. The molecule has 0 bridgehead atoms. The van der Waals surface area contributed by atoms with Crippen molar-refractivity contribution in [3.05, 3.63) is 35.8 Å². The Labute approximate surface area is 165 Å². The molecule has 0 aromatic carbocycles. The molecule has 0 aliphatic carbocycles. The van der Waals surface area contributed by atoms with Gasteiger partial charge in [0.15, 0.2) is 5.82 Å². The Kier molecular flexibility index (Phi) is 5.57. The summed E-state index contributed by atoms with van der Waals surface area (Å²) in [4.78, 5) is 17.2. The number of piperidine rings is 1. The van der Waals surface area contributed by atoms with E-state index in [0.29, 0.717) is 12.1 Å². The van der Waals surface area contributed by atoms with Crippen molar-refractivity contribution >= 4 is 11.7 Å². The van der Waals surface area contributed by atoms with E-state index in [-0.39, 0.29) is 5.91 Å². The molecule has 150 valence electrons. The van der Waals surface area contributed by atoms with Gasteiger partial charge in [-0.1, -0.05) is 0 Å². The van der Waals surface area contributed by atoms with Crippen LogP contribution in [-0.4, -0.2) is 70.2 Å². The van der Waals surface area contributed by atoms with Crippen LogP contribution in [0.15, 0.2) is 24.5 Å². The van der Waals surface area contributed by atoms with Gasteiger partial charge in [-0.2, -0.15) is 10.2 Å². The fourth-order valence-corrected chi connectivity index (χ4v) is 4.23. The van der Waals surface area contributed by atoms with Gasteiger partial charge in [-0.05, 0) is 44.7 Å². The number of likely N-dealkylation sites (tertiary alicyclic amines) is 1. The standard InChI is InChI=1S/C20H28N6O2/c1-15-18(14-22-26(15)17-7-12-28-13-8-17)20(27)25-10-5-16(6-11-25)24(2)19-4-3-9-21-23-19/h3-4,9,14,16-17H,5-8,10-13H2,1-2H3. The summed E-state index contributed by atoms with van der Waals surface area (Å²) in [7, 11) is 2.05. The van der Waals surface area contributed by atoms with E-state index in [1.54, 1.807) is 12.4 Å². The first-order valence-electron chi connectivity index (χ1n) is 10.1. The second-order valence-corrected chi connectivity index (χ2v) is 7.65. The third-order valence-electron chi connectivity index (χ3n) is 6.03. The first-order chi connectivity index (χ1) is 13.6. The molecule has 0 atom stereocenters. The van der Waals surface area contributed by atoms with Gasteiger partial charge in [0.05, 0.1) is 17.8 Å². The largest absolute Gasteiger partial charge is 0.381 e. The average Bonchev–Trinajstić information content (AvgIpc) is 3.15. The third kappa shape index (κ3) is 3.73. The van der Waals surface area contributed by atoms with Gasteiger partial charge in [-0.15, -0.1) is 5.10 Å². The number of nitrogens with zero attached hydrogens (tertiary/aromatic N) is 6. The van der Waals surface area contributed by atoms with Crippen molar-refractivity contribution in [3.8, 4) is 0 Å². The van der Waals surface area contributed by atoms with Gasteiger partial charge >= 0.3 is 0 Å². The molecule has 2 aromatic heterocycles. The number of rotatable bonds is 4. The second kappa shape index (κ2) is 8.26. The zero-order chi connectivity index (χ0) is 19.5. The van der Waals surface area contributed by atoms with Gasteiger partial charge in [-0.3, -0.25) is 9.48 Å². The number of hydrogen-bond acceptors (Lipinski definition) is 6. The van der Waals surface area contributed by atoms with Crippen molar-refractivity contribution in [2.24, 2.45) is 0 Å². The number of anilines is 1. The first kappa shape index (κ1) is 18.9. The van der Waals surface area contributed by atoms with E-state index in [1.165, 1.54) is 0 Å². The molecule has 0 spiro atoms. The lowest BCUT2D eigenvalue weighted by Gasteiger charge is -2.37. The van der Waals surface area contributed by atoms with Crippen LogP contribution in [0.1, 0.15) is 47.8 Å². The molecule has 2 aliphatic rings. The molecule has 0 N–H and O–H groups in total. The van der Waals surface area contributed by atoms with Crippen LogP contribution in [0.2, 0.25) is 0 Å². The summed E-state index contributed by atoms with van der Waals surface area (Å²) in [6.07, 6.45) is 7.18. The predicted octanol–water partition coefficient (Wildman–Crippen LogP) is 2.07. The maximum absolute atomic E-state index is 13.1. The highest BCUT2D eigenvalue weighted by Gasteiger charge is 2.29. The van der Waals surface area contributed by atoms with E-state index < -0.39 is 0 Å². The summed E-state index contributed by atoms with van der Waals surface area (Å²) in [6, 6.07) is 4.57. The summed E-state index contributed by atoms with van der Waals surface area (Å²) < 4.78 is 7.46. The van der Waals surface area contributed by atoms with Gasteiger partial charge in [0.2, 0.25) is 0 Å². The predicted molar refractivity (Wildman–Crippen MR) is 105 cm³/mol. The van der Waals surface area contributed by atoms with E-state index >= 15 is 0 Å². The Hall–Kier alpha value is -2.48. The van der Waals surface area contributed by atoms with Crippen molar-refractivity contribution in [2.75, 3.05) is 38.3 Å². The molecule has 1 amide bonds. The lowest BCUT2D eigenvalue weighted by Crippen LogP contribution is -2.46. The van der Waals surface area contributed by atoms with Gasteiger partial charge in [0, 0.05) is 51.3 Å². The van der Waals surface area contributed by atoms with Crippen LogP contribution in [0.4, 0.5) is 5.82 Å². The lowest BCUT2D eigenvalue weighted by atomic mass is 10.0. The zero-order valence-corrected chi connectivity index (χ0v) is 16.6. The van der Waals surface area contributed by atoms with Crippen LogP contribution < -0.4 is 4.90 Å². The number of aromatic nitrogens is 4. The van der Waals surface area contributed by atoms with Crippen LogP contribution in [0.3, 0.4) is 0 Å². The minimum atomic E-state index is 0.0939. The van der Waals surface area contributed by atoms with Gasteiger partial charge in [0.1, 0.15) is 0 Å². The number of hydrogen-bond donors (Lipinski definition) is 0. The van der Waals surface area contributed by atoms with Crippen LogP contribution in [0.5, 0.6) is 0 Å². The Morgan fingerprint density at radius 1 is 1.21 bits per heavy atom. The normalized spacial score (nSPS) is 19.0. The quantitative estimate of drug-likeness (QED) is 0.803. The highest BCUT2D eigenvalue weighted by molar-refractivity contribution is 5.95. The van der Waals surface area contributed by atoms with Crippen molar-refractivity contribution in [1.29, 1.82) is 0 Å². The fraction of sp³-hybridized carbons (Fsp3) is 0.600. The van der Waals surface area contributed by atoms with E-state index in [4.69, 9.17) is 4.74 Å². The number of carbonyl (C=O) groups is 1. The van der Waals surface area contributed by atoms with E-state index in [2.05, 4.69) is 20.2 Å². The molecule has 2 aliphatic heterocycles. The SMILES string of the molecule is Cc1c(C(=O)N2CCC(N(C)c3cccnn3)CC2)cnn1C1CCOCC1. The molecular formula is C20H28N6O2. The van der Waals surface area contributed by atoms with Gasteiger partial charge in [-0.25, -0.2) is 0 Å². The Bertz CT molecular complexity index is 794. The maximum atomic E-state index is 13.1. The minimum absolute atomic E-state index is 0.0939. The molecule has 8 heteroatoms. The molecule has 4 rings (SSSR count). The number of carbonyl (C=O) groups excluding carboxylic acids is 1. The average molecular weight is 384 g/mol. The van der Waals surface area contributed by atoms with Gasteiger partial charge in [0.25, 0.3) is 5.91 Å². The van der Waals surface area contributed by atoms with Crippen molar-refractivity contribution in [1.82, 2.24) is 24.9 Å². The topological polar surface area (TPSA) is 76.4 Å². The summed E-state index contributed by atoms with van der Waals surface area (Å²) in [6.45, 7) is 5.02. The highest BCUT2D eigenvalue weighted by atomic mass is 16.5. The third-order valence-corrected chi connectivity index (χ3v) is 6.03. The van der Waals surface area contributed by atoms with Crippen molar-refractivity contribution in [2.45, 2.75) is 44.7 Å². The molecule has 2 fully saturated rings. The molecular weight excluding hydrogens is 356 g/mol. The smallest absolute Gasteiger partial charge is 0.257 e. The van der Waals surface area contributed by atoms with E-state index in [0.717, 1.165) is 69.1 Å².